The first-order valence-corrected chi connectivity index (χ1v) is 6.75. The molecule has 0 aliphatic carbocycles. The third-order valence-corrected chi connectivity index (χ3v) is 2.86. The molecular formula is C13H12ClF2N5O4. The number of aromatic nitrogens is 2. The number of anilines is 1. The van der Waals surface area contributed by atoms with E-state index in [9.17, 15) is 23.2 Å². The van der Waals surface area contributed by atoms with Crippen LogP contribution in [0, 0.1) is 11.6 Å². The number of hydrogen-bond acceptors (Lipinski definition) is 4. The lowest BCUT2D eigenvalue weighted by atomic mass is 10.2. The fourth-order valence-electron chi connectivity index (χ4n) is 1.38. The molecule has 9 nitrogen and oxygen atoms in total. The largest absolute Gasteiger partial charge is 0.477 e. The van der Waals surface area contributed by atoms with Gasteiger partial charge in [-0.15, -0.1) is 0 Å². The highest BCUT2D eigenvalue weighted by molar-refractivity contribution is 6.34. The Morgan fingerprint density at radius 3 is 2.28 bits per heavy atom. The van der Waals surface area contributed by atoms with E-state index >= 15 is 0 Å². The Hall–Kier alpha value is -3.21. The molecule has 6 N–H and O–H groups in total. The maximum atomic E-state index is 13.1. The first-order valence-electron chi connectivity index (χ1n) is 6.37. The quantitative estimate of drug-likeness (QED) is 0.516. The van der Waals surface area contributed by atoms with E-state index < -0.39 is 29.5 Å². The number of amides is 3. The second kappa shape index (κ2) is 8.59. The van der Waals surface area contributed by atoms with Crippen LogP contribution >= 0.6 is 11.6 Å². The number of carboxylic acids is 1. The van der Waals surface area contributed by atoms with Gasteiger partial charge in [0, 0.05) is 13.1 Å². The first-order chi connectivity index (χ1) is 11.6. The molecule has 0 spiro atoms. The van der Waals surface area contributed by atoms with E-state index in [-0.39, 0.29) is 22.1 Å². The number of carbonyl (C=O) groups excluding carboxylic acids is 2. The van der Waals surface area contributed by atoms with Gasteiger partial charge in [0.2, 0.25) is 0 Å². The first kappa shape index (κ1) is 19.8. The highest BCUT2D eigenvalue weighted by Gasteiger charge is 2.17. The third kappa shape index (κ3) is 5.73. The lowest BCUT2D eigenvalue weighted by molar-refractivity contribution is 0.0690. The molecule has 0 unspecified atom stereocenters. The summed E-state index contributed by atoms with van der Waals surface area (Å²) < 4.78 is 25.9. The van der Waals surface area contributed by atoms with Crippen LogP contribution in [0.4, 0.5) is 19.4 Å². The molecule has 0 bridgehead atoms. The molecule has 2 aromatic rings. The molecule has 0 saturated carbocycles. The molecule has 12 heteroatoms. The van der Waals surface area contributed by atoms with Gasteiger partial charge in [-0.3, -0.25) is 9.89 Å². The van der Waals surface area contributed by atoms with Crippen LogP contribution in [0.1, 0.15) is 20.8 Å². The van der Waals surface area contributed by atoms with Gasteiger partial charge < -0.3 is 21.5 Å². The zero-order chi connectivity index (χ0) is 19.1. The lowest BCUT2D eigenvalue weighted by Gasteiger charge is -2.04. The van der Waals surface area contributed by atoms with Crippen LogP contribution in [0.5, 0.6) is 0 Å². The van der Waals surface area contributed by atoms with Crippen LogP contribution in [0.3, 0.4) is 0 Å². The zero-order valence-electron chi connectivity index (χ0n) is 12.6. The van der Waals surface area contributed by atoms with Crippen LogP contribution in [-0.4, -0.2) is 40.3 Å². The van der Waals surface area contributed by atoms with Crippen molar-refractivity contribution in [3.8, 4) is 0 Å². The Morgan fingerprint density at radius 1 is 1.24 bits per heavy atom. The van der Waals surface area contributed by atoms with E-state index in [0.717, 1.165) is 6.07 Å². The van der Waals surface area contributed by atoms with Gasteiger partial charge >= 0.3 is 12.0 Å². The molecule has 134 valence electrons. The van der Waals surface area contributed by atoms with Crippen molar-refractivity contribution in [1.29, 1.82) is 0 Å². The maximum Gasteiger partial charge on any atom is 0.353 e. The molecule has 0 atom stereocenters. The van der Waals surface area contributed by atoms with Crippen molar-refractivity contribution >= 4 is 35.3 Å². The van der Waals surface area contributed by atoms with E-state index in [1.54, 1.807) is 0 Å². The van der Waals surface area contributed by atoms with Crippen LogP contribution in [0.2, 0.25) is 5.02 Å². The Morgan fingerprint density at radius 2 is 1.80 bits per heavy atom. The van der Waals surface area contributed by atoms with Crippen LogP contribution in [0.25, 0.3) is 0 Å². The highest BCUT2D eigenvalue weighted by Crippen LogP contribution is 2.21. The van der Waals surface area contributed by atoms with E-state index in [4.69, 9.17) is 16.7 Å². The Balaban J connectivity index is 0.000000550. The van der Waals surface area contributed by atoms with Crippen molar-refractivity contribution in [3.05, 3.63) is 46.1 Å². The molecule has 3 amide bonds. The van der Waals surface area contributed by atoms with Gasteiger partial charge in [-0.25, -0.2) is 18.4 Å². The lowest BCUT2D eigenvalue weighted by Crippen LogP contribution is -2.24. The number of urea groups is 1. The van der Waals surface area contributed by atoms with Gasteiger partial charge in [-0.1, -0.05) is 11.6 Å². The second-order valence-corrected chi connectivity index (χ2v) is 4.69. The number of aromatic carboxylic acids is 1. The molecule has 25 heavy (non-hydrogen) atoms. The molecule has 1 heterocycles. The molecule has 0 aliphatic heterocycles. The number of benzene rings is 1. The second-order valence-electron chi connectivity index (χ2n) is 4.29. The summed E-state index contributed by atoms with van der Waals surface area (Å²) in [5, 5.41) is 18.4. The number of hydrogen-bond donors (Lipinski definition) is 5. The average molecular weight is 376 g/mol. The van der Waals surface area contributed by atoms with Crippen molar-refractivity contribution in [2.45, 2.75) is 0 Å². The normalized spacial score (nSPS) is 9.60. The van der Waals surface area contributed by atoms with Crippen LogP contribution in [-0.2, 0) is 0 Å². The summed E-state index contributed by atoms with van der Waals surface area (Å²) in [6, 6.07) is 1.87. The van der Waals surface area contributed by atoms with Crippen LogP contribution in [0.15, 0.2) is 18.2 Å². The number of rotatable bonds is 3. The predicted octanol–water partition coefficient (Wildman–Crippen LogP) is 1.58. The number of primary amides is 1. The number of nitrogens with one attached hydrogen (secondary N) is 3. The van der Waals surface area contributed by atoms with Gasteiger partial charge in [0.1, 0.15) is 5.69 Å². The summed E-state index contributed by atoms with van der Waals surface area (Å²) in [5.74, 6) is -4.61. The van der Waals surface area contributed by atoms with Crippen molar-refractivity contribution in [3.63, 3.8) is 0 Å². The number of nitrogens with zero attached hydrogens (tertiary/aromatic N) is 1. The average Bonchev–Trinajstić information content (AvgIpc) is 3.00. The zero-order valence-corrected chi connectivity index (χ0v) is 13.3. The topological polar surface area (TPSA) is 150 Å². The summed E-state index contributed by atoms with van der Waals surface area (Å²) in [7, 11) is 1.47. The summed E-state index contributed by atoms with van der Waals surface area (Å²) in [5.41, 5.74) is 4.00. The van der Waals surface area contributed by atoms with Gasteiger partial charge in [-0.2, -0.15) is 5.10 Å². The smallest absolute Gasteiger partial charge is 0.353 e. The van der Waals surface area contributed by atoms with Crippen molar-refractivity contribution in [2.75, 3.05) is 12.4 Å². The maximum absolute atomic E-state index is 13.1. The summed E-state index contributed by atoms with van der Waals surface area (Å²) in [6.07, 6.45) is 0. The summed E-state index contributed by atoms with van der Waals surface area (Å²) >= 11 is 5.63. The number of carbonyl (C=O) groups is 3. The number of carboxylic acid groups (broad SMARTS) is 1. The van der Waals surface area contributed by atoms with Crippen molar-refractivity contribution in [1.82, 2.24) is 15.5 Å². The molecule has 1 aromatic carbocycles. The molecule has 1 aromatic heterocycles. The predicted molar refractivity (Wildman–Crippen MR) is 83.5 cm³/mol. The van der Waals surface area contributed by atoms with Crippen LogP contribution < -0.4 is 16.4 Å². The van der Waals surface area contributed by atoms with Crippen molar-refractivity contribution in [2.24, 2.45) is 5.73 Å². The minimum absolute atomic E-state index is 0.0896. The number of aromatic amines is 1. The number of halogens is 3. The Kier molecular flexibility index (Phi) is 6.81. The standard InChI is InChI=1S/C11H6ClF2N3O3.C2H6N2O/c12-5-2-7(14)6(13)1-4(5)10(18)15-9-3-8(11(19)20)16-17-9;1-4-2(3)5/h1-3H,(H,19,20)(H2,15,16,17,18);1H3,(H3,3,4,5). The summed E-state index contributed by atoms with van der Waals surface area (Å²) in [4.78, 5) is 31.9. The minimum Gasteiger partial charge on any atom is -0.477 e. The van der Waals surface area contributed by atoms with E-state index in [1.807, 2.05) is 0 Å². The van der Waals surface area contributed by atoms with E-state index in [2.05, 4.69) is 26.6 Å². The molecule has 2 rings (SSSR count). The van der Waals surface area contributed by atoms with Crippen molar-refractivity contribution < 1.29 is 28.3 Å². The molecule has 0 radical (unpaired) electrons. The Bertz CT molecular complexity index is 812. The van der Waals surface area contributed by atoms with Gasteiger partial charge in [0.05, 0.1) is 10.6 Å². The molecule has 0 fully saturated rings. The SMILES string of the molecule is CNC(N)=O.O=C(O)c1cc(NC(=O)c2cc(F)c(F)cc2Cl)n[nH]1. The minimum atomic E-state index is -1.26. The van der Waals surface area contributed by atoms with E-state index in [0.29, 0.717) is 12.1 Å². The van der Waals surface area contributed by atoms with Gasteiger partial charge in [0.25, 0.3) is 5.91 Å². The fraction of sp³-hybridized carbons (Fsp3) is 0.0769. The summed E-state index contributed by atoms with van der Waals surface area (Å²) in [6.45, 7) is 0. The monoisotopic (exact) mass is 375 g/mol. The highest BCUT2D eigenvalue weighted by atomic mass is 35.5. The number of H-pyrrole nitrogens is 1. The van der Waals surface area contributed by atoms with Gasteiger partial charge in [-0.05, 0) is 12.1 Å². The third-order valence-electron chi connectivity index (χ3n) is 2.55. The molecule has 0 aliphatic rings. The van der Waals surface area contributed by atoms with E-state index in [1.165, 1.54) is 7.05 Å². The van der Waals surface area contributed by atoms with Gasteiger partial charge in [0.15, 0.2) is 17.5 Å². The molecular weight excluding hydrogens is 364 g/mol. The fourth-order valence-corrected chi connectivity index (χ4v) is 1.61. The molecule has 0 saturated heterocycles. The Labute approximate surface area is 144 Å². The number of nitrogens with two attached hydrogens (primary N) is 1.